The van der Waals surface area contributed by atoms with E-state index in [2.05, 4.69) is 37.3 Å². The van der Waals surface area contributed by atoms with Gasteiger partial charge in [-0.2, -0.15) is 0 Å². The minimum absolute atomic E-state index is 0.278. The first kappa shape index (κ1) is 26.6. The molecule has 0 aliphatic carbocycles. The van der Waals surface area contributed by atoms with Gasteiger partial charge in [-0.1, -0.05) is 12.0 Å². The third kappa shape index (κ3) is 6.71. The maximum atomic E-state index is 12.6. The van der Waals surface area contributed by atoms with Crippen molar-refractivity contribution < 1.29 is 23.8 Å². The van der Waals surface area contributed by atoms with Gasteiger partial charge in [-0.25, -0.2) is 4.98 Å². The number of pyridine rings is 2. The van der Waals surface area contributed by atoms with Gasteiger partial charge < -0.3 is 24.8 Å². The number of amides is 2. The first-order valence-corrected chi connectivity index (χ1v) is 12.7. The summed E-state index contributed by atoms with van der Waals surface area (Å²) in [6, 6.07) is 17.2. The second-order valence-corrected chi connectivity index (χ2v) is 8.82. The van der Waals surface area contributed by atoms with Crippen molar-refractivity contribution in [3.63, 3.8) is 0 Å². The number of nitrogens with zero attached hydrogens (tertiary/aromatic N) is 3. The molecule has 202 valence electrons. The molecule has 40 heavy (non-hydrogen) atoms. The van der Waals surface area contributed by atoms with E-state index in [0.717, 1.165) is 13.1 Å². The zero-order valence-corrected chi connectivity index (χ0v) is 21.8. The maximum Gasteiger partial charge on any atom is 0.300 e. The zero-order chi connectivity index (χ0) is 27.7. The standard InChI is InChI=1S/C30H27N5O5/c1-38-27-20-24-23(19-25(27)33-29(36)6-4-14-35-15-17-39-18-16-35)26(11-13-31-24)40-22-9-7-21(8-10-22)30(37)34-28-5-2-3-12-32-28/h2-3,5,7-13,19-20H,14-18H2,1H3,(H,33,36)(H,32,34,37). The average Bonchev–Trinajstić information content (AvgIpc) is 2.98. The molecule has 1 aliphatic rings. The highest BCUT2D eigenvalue weighted by atomic mass is 16.5. The Hall–Kier alpha value is -4.98. The smallest absolute Gasteiger partial charge is 0.300 e. The Labute approximate surface area is 231 Å². The number of hydrogen-bond acceptors (Lipinski definition) is 8. The van der Waals surface area contributed by atoms with Gasteiger partial charge in [-0.15, -0.1) is 0 Å². The molecule has 2 N–H and O–H groups in total. The summed E-state index contributed by atoms with van der Waals surface area (Å²) in [5.41, 5.74) is 1.53. The molecule has 10 heteroatoms. The lowest BCUT2D eigenvalue weighted by atomic mass is 10.1. The van der Waals surface area contributed by atoms with E-state index in [1.807, 2.05) is 0 Å². The van der Waals surface area contributed by atoms with E-state index in [1.165, 1.54) is 7.11 Å². The Kier molecular flexibility index (Phi) is 8.46. The van der Waals surface area contributed by atoms with Crippen LogP contribution in [0.2, 0.25) is 0 Å². The predicted molar refractivity (Wildman–Crippen MR) is 151 cm³/mol. The Morgan fingerprint density at radius 3 is 2.55 bits per heavy atom. The van der Waals surface area contributed by atoms with Crippen LogP contribution >= 0.6 is 0 Å². The topological polar surface area (TPSA) is 115 Å². The Morgan fingerprint density at radius 1 is 0.975 bits per heavy atom. The summed E-state index contributed by atoms with van der Waals surface area (Å²) in [5, 5.41) is 6.22. The van der Waals surface area contributed by atoms with Crippen LogP contribution in [-0.2, 0) is 9.53 Å². The lowest BCUT2D eigenvalue weighted by Gasteiger charge is -2.24. The van der Waals surface area contributed by atoms with E-state index in [4.69, 9.17) is 14.2 Å². The molecule has 10 nitrogen and oxygen atoms in total. The number of anilines is 2. The fraction of sp³-hybridized carbons (Fsp3) is 0.200. The molecular formula is C30H27N5O5. The van der Waals surface area contributed by atoms with E-state index in [0.29, 0.717) is 65.0 Å². The highest BCUT2D eigenvalue weighted by molar-refractivity contribution is 6.06. The largest absolute Gasteiger partial charge is 0.494 e. The highest BCUT2D eigenvalue weighted by Gasteiger charge is 2.14. The number of rotatable bonds is 7. The molecule has 1 fully saturated rings. The van der Waals surface area contributed by atoms with E-state index in [9.17, 15) is 9.59 Å². The predicted octanol–water partition coefficient (Wildman–Crippen LogP) is 3.96. The number of nitrogens with one attached hydrogen (secondary N) is 2. The molecule has 4 aromatic rings. The van der Waals surface area contributed by atoms with Gasteiger partial charge in [0, 0.05) is 42.5 Å². The number of ether oxygens (including phenoxy) is 3. The van der Waals surface area contributed by atoms with Gasteiger partial charge in [0.2, 0.25) is 0 Å². The number of aromatic nitrogens is 2. The minimum Gasteiger partial charge on any atom is -0.494 e. The van der Waals surface area contributed by atoms with Crippen LogP contribution in [0.4, 0.5) is 11.5 Å². The van der Waals surface area contributed by atoms with Crippen LogP contribution in [0.25, 0.3) is 10.9 Å². The first-order chi connectivity index (χ1) is 19.6. The number of benzene rings is 2. The molecule has 0 unspecified atom stereocenters. The summed E-state index contributed by atoms with van der Waals surface area (Å²) in [7, 11) is 1.52. The molecule has 0 bridgehead atoms. The van der Waals surface area contributed by atoms with Crippen molar-refractivity contribution in [1.29, 1.82) is 0 Å². The summed E-state index contributed by atoms with van der Waals surface area (Å²) in [6.45, 7) is 3.44. The summed E-state index contributed by atoms with van der Waals surface area (Å²) >= 11 is 0. The number of carbonyl (C=O) groups is 2. The number of carbonyl (C=O) groups excluding carboxylic acids is 2. The quantitative estimate of drug-likeness (QED) is 0.341. The molecule has 2 amide bonds. The average molecular weight is 538 g/mol. The summed E-state index contributed by atoms with van der Waals surface area (Å²) < 4.78 is 16.9. The zero-order valence-electron chi connectivity index (χ0n) is 21.8. The van der Waals surface area contributed by atoms with Gasteiger partial charge in [0.05, 0.1) is 38.1 Å². The van der Waals surface area contributed by atoms with Crippen LogP contribution in [0.15, 0.2) is 73.1 Å². The summed E-state index contributed by atoms with van der Waals surface area (Å²) in [6.07, 6.45) is 3.24. The molecule has 0 spiro atoms. The van der Waals surface area contributed by atoms with Crippen molar-refractivity contribution in [2.24, 2.45) is 0 Å². The van der Waals surface area contributed by atoms with Gasteiger partial charge in [0.1, 0.15) is 23.1 Å². The van der Waals surface area contributed by atoms with Crippen molar-refractivity contribution in [3.8, 4) is 29.1 Å². The molecule has 1 saturated heterocycles. The van der Waals surface area contributed by atoms with E-state index in [-0.39, 0.29) is 5.91 Å². The molecule has 0 atom stereocenters. The highest BCUT2D eigenvalue weighted by Crippen LogP contribution is 2.35. The molecule has 0 radical (unpaired) electrons. The fourth-order valence-corrected chi connectivity index (χ4v) is 4.07. The second-order valence-electron chi connectivity index (χ2n) is 8.82. The minimum atomic E-state index is -0.447. The van der Waals surface area contributed by atoms with Crippen LogP contribution in [-0.4, -0.2) is 66.6 Å². The SMILES string of the molecule is COc1cc2nccc(Oc3ccc(C(=O)Nc4ccccn4)cc3)c2cc1NC(=O)C#CCN1CCOCC1. The van der Waals surface area contributed by atoms with Crippen molar-refractivity contribution in [2.75, 3.05) is 50.6 Å². The van der Waals surface area contributed by atoms with Crippen molar-refractivity contribution >= 4 is 34.2 Å². The van der Waals surface area contributed by atoms with Gasteiger partial charge in [0.25, 0.3) is 11.8 Å². The van der Waals surface area contributed by atoms with Gasteiger partial charge >= 0.3 is 0 Å². The Morgan fingerprint density at radius 2 is 1.80 bits per heavy atom. The molecule has 5 rings (SSSR count). The first-order valence-electron chi connectivity index (χ1n) is 12.7. The Balaban J connectivity index is 1.30. The number of methoxy groups -OCH3 is 1. The lowest BCUT2D eigenvalue weighted by Crippen LogP contribution is -2.36. The monoisotopic (exact) mass is 537 g/mol. The van der Waals surface area contributed by atoms with E-state index < -0.39 is 5.91 Å². The molecule has 3 heterocycles. The van der Waals surface area contributed by atoms with Crippen LogP contribution in [0.3, 0.4) is 0 Å². The molecule has 2 aromatic carbocycles. The van der Waals surface area contributed by atoms with Gasteiger partial charge in [0.15, 0.2) is 0 Å². The van der Waals surface area contributed by atoms with Crippen molar-refractivity contribution in [3.05, 3.63) is 78.6 Å². The van der Waals surface area contributed by atoms with Crippen LogP contribution in [0.5, 0.6) is 17.2 Å². The van der Waals surface area contributed by atoms with Crippen LogP contribution in [0.1, 0.15) is 10.4 Å². The van der Waals surface area contributed by atoms with Crippen molar-refractivity contribution in [1.82, 2.24) is 14.9 Å². The Bertz CT molecular complexity index is 1560. The fourth-order valence-electron chi connectivity index (χ4n) is 4.07. The molecular weight excluding hydrogens is 510 g/mol. The van der Waals surface area contributed by atoms with E-state index >= 15 is 0 Å². The maximum absolute atomic E-state index is 12.6. The van der Waals surface area contributed by atoms with Gasteiger partial charge in [-0.3, -0.25) is 19.5 Å². The number of fused-ring (bicyclic) bond motifs is 1. The summed E-state index contributed by atoms with van der Waals surface area (Å²) in [4.78, 5) is 35.8. The molecule has 1 aliphatic heterocycles. The third-order valence-corrected chi connectivity index (χ3v) is 6.13. The number of morpholine rings is 1. The van der Waals surface area contributed by atoms with Gasteiger partial charge in [-0.05, 0) is 54.5 Å². The molecule has 0 saturated carbocycles. The lowest BCUT2D eigenvalue weighted by molar-refractivity contribution is -0.111. The number of hydrogen-bond donors (Lipinski definition) is 2. The third-order valence-electron chi connectivity index (χ3n) is 6.13. The van der Waals surface area contributed by atoms with Crippen molar-refractivity contribution in [2.45, 2.75) is 0 Å². The van der Waals surface area contributed by atoms with Crippen LogP contribution in [0, 0.1) is 11.8 Å². The normalized spacial score (nSPS) is 13.1. The van der Waals surface area contributed by atoms with Crippen LogP contribution < -0.4 is 20.1 Å². The second kappa shape index (κ2) is 12.7. The summed E-state index contributed by atoms with van der Waals surface area (Å²) in [5.74, 6) is 6.80. The van der Waals surface area contributed by atoms with E-state index in [1.54, 1.807) is 73.1 Å². The molecule has 2 aromatic heterocycles.